The van der Waals surface area contributed by atoms with Gasteiger partial charge in [-0.2, -0.15) is 4.31 Å². The normalized spacial score (nSPS) is 11.8. The molecule has 7 heteroatoms. The van der Waals surface area contributed by atoms with Crippen molar-refractivity contribution in [1.29, 1.82) is 0 Å². The molecule has 21 heavy (non-hydrogen) atoms. The lowest BCUT2D eigenvalue weighted by molar-refractivity contribution is 0.462. The van der Waals surface area contributed by atoms with Crippen LogP contribution in [0.15, 0.2) is 45.8 Å². The van der Waals surface area contributed by atoms with Crippen LogP contribution in [0.25, 0.3) is 0 Å². The number of sulfonamides is 1. The Labute approximate surface area is 133 Å². The number of aromatic nitrogens is 1. The van der Waals surface area contributed by atoms with Crippen molar-refractivity contribution in [2.75, 3.05) is 12.8 Å². The lowest BCUT2D eigenvalue weighted by Crippen LogP contribution is -2.27. The van der Waals surface area contributed by atoms with E-state index in [1.807, 2.05) is 19.1 Å². The number of rotatable bonds is 4. The van der Waals surface area contributed by atoms with Crippen molar-refractivity contribution in [2.45, 2.75) is 18.4 Å². The molecule has 0 fully saturated rings. The van der Waals surface area contributed by atoms with E-state index >= 15 is 0 Å². The summed E-state index contributed by atoms with van der Waals surface area (Å²) in [4.78, 5) is 4.40. The van der Waals surface area contributed by atoms with Crippen molar-refractivity contribution < 1.29 is 8.42 Å². The molecule has 2 N–H and O–H groups in total. The third kappa shape index (κ3) is 3.61. The van der Waals surface area contributed by atoms with Crippen molar-refractivity contribution in [3.05, 3.63) is 52.3 Å². The van der Waals surface area contributed by atoms with Crippen molar-refractivity contribution in [3.8, 4) is 0 Å². The maximum absolute atomic E-state index is 12.6. The molecule has 112 valence electrons. The smallest absolute Gasteiger partial charge is 0.245 e. The zero-order valence-electron chi connectivity index (χ0n) is 11.7. The fourth-order valence-electron chi connectivity index (χ4n) is 1.90. The maximum Gasteiger partial charge on any atom is 0.245 e. The van der Waals surface area contributed by atoms with Gasteiger partial charge in [0.05, 0.1) is 17.9 Å². The minimum absolute atomic E-state index is 0.0898. The van der Waals surface area contributed by atoms with Gasteiger partial charge in [0.15, 0.2) is 0 Å². The van der Waals surface area contributed by atoms with Gasteiger partial charge in [0.25, 0.3) is 0 Å². The van der Waals surface area contributed by atoms with E-state index in [0.717, 1.165) is 5.69 Å². The molecule has 2 rings (SSSR count). The third-order valence-corrected chi connectivity index (χ3v) is 5.35. The van der Waals surface area contributed by atoms with Gasteiger partial charge in [-0.05, 0) is 37.3 Å². The zero-order valence-corrected chi connectivity index (χ0v) is 14.1. The Bertz CT molecular complexity index is 763. The average molecular weight is 370 g/mol. The highest BCUT2D eigenvalue weighted by Gasteiger charge is 2.24. The van der Waals surface area contributed by atoms with E-state index in [1.165, 1.54) is 17.4 Å². The zero-order chi connectivity index (χ0) is 15.6. The Kier molecular flexibility index (Phi) is 4.65. The molecule has 5 nitrogen and oxygen atoms in total. The molecule has 0 aliphatic rings. The first kappa shape index (κ1) is 15.9. The summed E-state index contributed by atoms with van der Waals surface area (Å²) >= 11 is 3.26. The van der Waals surface area contributed by atoms with Gasteiger partial charge < -0.3 is 5.73 Å². The van der Waals surface area contributed by atoms with Crippen molar-refractivity contribution in [1.82, 2.24) is 9.29 Å². The molecule has 0 bridgehead atoms. The molecular formula is C14H16BrN3O2S. The second-order valence-electron chi connectivity index (χ2n) is 4.71. The average Bonchev–Trinajstić information content (AvgIpc) is 2.41. The molecule has 1 aromatic carbocycles. The fourth-order valence-corrected chi connectivity index (χ4v) is 3.69. The van der Waals surface area contributed by atoms with Crippen LogP contribution in [0, 0.1) is 6.92 Å². The topological polar surface area (TPSA) is 76.3 Å². The van der Waals surface area contributed by atoms with Crippen molar-refractivity contribution >= 4 is 31.6 Å². The van der Waals surface area contributed by atoms with E-state index < -0.39 is 10.0 Å². The first-order chi connectivity index (χ1) is 9.80. The molecule has 0 atom stereocenters. The third-order valence-electron chi connectivity index (χ3n) is 2.99. The number of hydrogen-bond acceptors (Lipinski definition) is 4. The van der Waals surface area contributed by atoms with E-state index in [9.17, 15) is 8.42 Å². The molecule has 2 aromatic rings. The van der Waals surface area contributed by atoms with Crippen LogP contribution in [0.1, 0.15) is 11.4 Å². The number of halogens is 1. The molecule has 0 unspecified atom stereocenters. The quantitative estimate of drug-likeness (QED) is 0.840. The van der Waals surface area contributed by atoms with E-state index in [4.69, 9.17) is 5.73 Å². The summed E-state index contributed by atoms with van der Waals surface area (Å²) in [5, 5.41) is 0. The number of anilines is 1. The van der Waals surface area contributed by atoms with Gasteiger partial charge in [-0.15, -0.1) is 0 Å². The number of nitrogens with zero attached hydrogens (tertiary/aromatic N) is 2. The van der Waals surface area contributed by atoms with Gasteiger partial charge >= 0.3 is 0 Å². The van der Waals surface area contributed by atoms with Crippen LogP contribution in [0.4, 0.5) is 5.69 Å². The van der Waals surface area contributed by atoms with Gasteiger partial charge in [0.2, 0.25) is 10.0 Å². The van der Waals surface area contributed by atoms with Crippen LogP contribution in [-0.2, 0) is 16.6 Å². The Morgan fingerprint density at radius 3 is 2.67 bits per heavy atom. The van der Waals surface area contributed by atoms with Gasteiger partial charge in [-0.3, -0.25) is 4.98 Å². The number of benzene rings is 1. The molecule has 0 amide bonds. The molecule has 1 aromatic heterocycles. The SMILES string of the molecule is Cc1cccc(CN(C)S(=O)(=O)c2cc(Br)ccc2N)n1. The summed E-state index contributed by atoms with van der Waals surface area (Å²) < 4.78 is 27.1. The highest BCUT2D eigenvalue weighted by Crippen LogP contribution is 2.26. The van der Waals surface area contributed by atoms with Crippen LogP contribution in [-0.4, -0.2) is 24.8 Å². The van der Waals surface area contributed by atoms with Crippen LogP contribution in [0.3, 0.4) is 0 Å². The Balaban J connectivity index is 2.33. The van der Waals surface area contributed by atoms with Gasteiger partial charge in [0, 0.05) is 17.2 Å². The molecule has 0 aliphatic heterocycles. The first-order valence-electron chi connectivity index (χ1n) is 6.24. The van der Waals surface area contributed by atoms with Crippen molar-refractivity contribution in [3.63, 3.8) is 0 Å². The molecule has 0 aliphatic carbocycles. The molecule has 0 saturated carbocycles. The number of nitrogens with two attached hydrogens (primary N) is 1. The second kappa shape index (κ2) is 6.13. The standard InChI is InChI=1S/C14H16BrN3O2S/c1-10-4-3-5-12(17-10)9-18(2)21(19,20)14-8-11(15)6-7-13(14)16/h3-8H,9,16H2,1-2H3. The largest absolute Gasteiger partial charge is 0.398 e. The minimum Gasteiger partial charge on any atom is -0.398 e. The molecular weight excluding hydrogens is 354 g/mol. The molecule has 1 heterocycles. The molecule has 0 spiro atoms. The predicted molar refractivity (Wildman–Crippen MR) is 86.2 cm³/mol. The lowest BCUT2D eigenvalue weighted by atomic mass is 10.3. The number of pyridine rings is 1. The van der Waals surface area contributed by atoms with Gasteiger partial charge in [-0.1, -0.05) is 22.0 Å². The summed E-state index contributed by atoms with van der Waals surface area (Å²) in [6, 6.07) is 10.3. The van der Waals surface area contributed by atoms with E-state index in [-0.39, 0.29) is 17.1 Å². The van der Waals surface area contributed by atoms with Gasteiger partial charge in [-0.25, -0.2) is 8.42 Å². The Hall–Kier alpha value is -1.44. The van der Waals surface area contributed by atoms with Crippen LogP contribution in [0.2, 0.25) is 0 Å². The summed E-state index contributed by atoms with van der Waals surface area (Å²) in [6.45, 7) is 2.06. The molecule has 0 radical (unpaired) electrons. The number of aryl methyl sites for hydroxylation is 1. The van der Waals surface area contributed by atoms with Crippen LogP contribution in [0.5, 0.6) is 0 Å². The second-order valence-corrected chi connectivity index (χ2v) is 7.64. The minimum atomic E-state index is -3.66. The van der Waals surface area contributed by atoms with Gasteiger partial charge in [0.1, 0.15) is 4.90 Å². The summed E-state index contributed by atoms with van der Waals surface area (Å²) in [5.41, 5.74) is 7.55. The predicted octanol–water partition coefficient (Wildman–Crippen LogP) is 2.56. The Morgan fingerprint density at radius 2 is 2.00 bits per heavy atom. The molecule has 0 saturated heterocycles. The van der Waals surface area contributed by atoms with Crippen molar-refractivity contribution in [2.24, 2.45) is 0 Å². The van der Waals surface area contributed by atoms with E-state index in [2.05, 4.69) is 20.9 Å². The first-order valence-corrected chi connectivity index (χ1v) is 8.48. The Morgan fingerprint density at radius 1 is 1.29 bits per heavy atom. The van der Waals surface area contributed by atoms with Crippen LogP contribution >= 0.6 is 15.9 Å². The summed E-state index contributed by atoms with van der Waals surface area (Å²) in [6.07, 6.45) is 0. The monoisotopic (exact) mass is 369 g/mol. The van der Waals surface area contributed by atoms with Crippen LogP contribution < -0.4 is 5.73 Å². The van der Waals surface area contributed by atoms with E-state index in [0.29, 0.717) is 10.2 Å². The number of nitrogen functional groups attached to an aromatic ring is 1. The highest BCUT2D eigenvalue weighted by molar-refractivity contribution is 9.10. The number of hydrogen-bond donors (Lipinski definition) is 1. The lowest BCUT2D eigenvalue weighted by Gasteiger charge is -2.18. The van der Waals surface area contributed by atoms with E-state index in [1.54, 1.807) is 18.2 Å². The maximum atomic E-state index is 12.6. The summed E-state index contributed by atoms with van der Waals surface area (Å²) in [7, 11) is -2.15. The summed E-state index contributed by atoms with van der Waals surface area (Å²) in [5.74, 6) is 0. The highest BCUT2D eigenvalue weighted by atomic mass is 79.9. The fraction of sp³-hybridized carbons (Fsp3) is 0.214.